The smallest absolute Gasteiger partial charge is 0.356 e. The van der Waals surface area contributed by atoms with Crippen molar-refractivity contribution >= 4 is 5.97 Å². The molecule has 0 fully saturated rings. The van der Waals surface area contributed by atoms with Gasteiger partial charge in [-0.25, -0.2) is 9.78 Å². The van der Waals surface area contributed by atoms with Gasteiger partial charge in [0.25, 0.3) is 0 Å². The molecule has 0 aliphatic heterocycles. The molecule has 3 aromatic rings. The second-order valence-corrected chi connectivity index (χ2v) is 6.26. The van der Waals surface area contributed by atoms with Gasteiger partial charge in [-0.15, -0.1) is 0 Å². The van der Waals surface area contributed by atoms with Crippen molar-refractivity contribution in [1.29, 1.82) is 0 Å². The minimum absolute atomic E-state index is 0.327. The lowest BCUT2D eigenvalue weighted by molar-refractivity contribution is 0.0519. The number of benzene rings is 2. The highest BCUT2D eigenvalue weighted by atomic mass is 16.5. The van der Waals surface area contributed by atoms with Gasteiger partial charge in [0.05, 0.1) is 19.4 Å². The summed E-state index contributed by atoms with van der Waals surface area (Å²) in [5.74, 6) is 0.419. The van der Waals surface area contributed by atoms with E-state index < -0.39 is 5.97 Å². The van der Waals surface area contributed by atoms with Crippen LogP contribution in [0.1, 0.15) is 34.2 Å². The van der Waals surface area contributed by atoms with E-state index in [0.717, 1.165) is 33.7 Å². The van der Waals surface area contributed by atoms with Crippen molar-refractivity contribution in [3.63, 3.8) is 0 Å². The summed E-state index contributed by atoms with van der Waals surface area (Å²) in [6, 6.07) is 19.8. The van der Waals surface area contributed by atoms with E-state index >= 15 is 0 Å². The van der Waals surface area contributed by atoms with Gasteiger partial charge in [0.2, 0.25) is 0 Å². The zero-order valence-corrected chi connectivity index (χ0v) is 15.9. The van der Waals surface area contributed by atoms with Crippen LogP contribution in [0.4, 0.5) is 0 Å². The minimum Gasteiger partial charge on any atom is -0.497 e. The van der Waals surface area contributed by atoms with E-state index in [4.69, 9.17) is 9.47 Å². The first-order valence-corrected chi connectivity index (χ1v) is 8.98. The maximum atomic E-state index is 12.2. The van der Waals surface area contributed by atoms with Gasteiger partial charge in [0.1, 0.15) is 11.4 Å². The number of pyridine rings is 1. The van der Waals surface area contributed by atoms with Crippen molar-refractivity contribution < 1.29 is 14.3 Å². The van der Waals surface area contributed by atoms with Crippen LogP contribution in [0.25, 0.3) is 11.1 Å². The zero-order chi connectivity index (χ0) is 19.2. The standard InChI is InChI=1S/C23H23NO3/c1-4-27-23(25)21-14-16(2)22(18-8-6-5-7-9-18)20(24-21)15-17-10-12-19(26-3)13-11-17/h5-14H,4,15H2,1-3H3. The fourth-order valence-electron chi connectivity index (χ4n) is 3.11. The number of hydrogen-bond acceptors (Lipinski definition) is 4. The first-order chi connectivity index (χ1) is 13.1. The molecule has 0 spiro atoms. The quantitative estimate of drug-likeness (QED) is 0.590. The average Bonchev–Trinajstić information content (AvgIpc) is 2.69. The summed E-state index contributed by atoms with van der Waals surface area (Å²) >= 11 is 0. The highest BCUT2D eigenvalue weighted by Gasteiger charge is 2.17. The summed E-state index contributed by atoms with van der Waals surface area (Å²) in [6.45, 7) is 4.12. The molecular formula is C23H23NO3. The molecule has 0 radical (unpaired) electrons. The van der Waals surface area contributed by atoms with Gasteiger partial charge in [-0.05, 0) is 48.7 Å². The number of hydrogen-bond donors (Lipinski definition) is 0. The Hall–Kier alpha value is -3.14. The number of carbonyl (C=O) groups excluding carboxylic acids is 1. The van der Waals surface area contributed by atoms with Crippen molar-refractivity contribution in [3.05, 3.63) is 83.2 Å². The number of aromatic nitrogens is 1. The Balaban J connectivity index is 2.07. The van der Waals surface area contributed by atoms with E-state index in [1.807, 2.05) is 49.4 Å². The maximum absolute atomic E-state index is 12.2. The summed E-state index contributed by atoms with van der Waals surface area (Å²) in [5.41, 5.74) is 5.44. The molecule has 0 N–H and O–H groups in total. The van der Waals surface area contributed by atoms with Crippen LogP contribution in [0.3, 0.4) is 0 Å². The first-order valence-electron chi connectivity index (χ1n) is 8.98. The third-order valence-electron chi connectivity index (χ3n) is 4.37. The van der Waals surface area contributed by atoms with E-state index in [1.165, 1.54) is 0 Å². The molecule has 4 nitrogen and oxygen atoms in total. The van der Waals surface area contributed by atoms with Gasteiger partial charge < -0.3 is 9.47 Å². The number of esters is 1. The maximum Gasteiger partial charge on any atom is 0.356 e. The van der Waals surface area contributed by atoms with E-state index in [2.05, 4.69) is 17.1 Å². The zero-order valence-electron chi connectivity index (χ0n) is 15.9. The largest absolute Gasteiger partial charge is 0.497 e. The van der Waals surface area contributed by atoms with Gasteiger partial charge in [0, 0.05) is 12.0 Å². The second-order valence-electron chi connectivity index (χ2n) is 6.26. The molecule has 138 valence electrons. The van der Waals surface area contributed by atoms with Crippen LogP contribution in [0, 0.1) is 6.92 Å². The van der Waals surface area contributed by atoms with Crippen LogP contribution in [0.5, 0.6) is 5.75 Å². The van der Waals surface area contributed by atoms with Gasteiger partial charge in [0.15, 0.2) is 0 Å². The summed E-state index contributed by atoms with van der Waals surface area (Å²) in [5, 5.41) is 0. The topological polar surface area (TPSA) is 48.4 Å². The van der Waals surface area contributed by atoms with Crippen molar-refractivity contribution in [1.82, 2.24) is 4.98 Å². The Kier molecular flexibility index (Phi) is 5.87. The van der Waals surface area contributed by atoms with Crippen LogP contribution < -0.4 is 4.74 Å². The molecule has 1 aromatic heterocycles. The number of methoxy groups -OCH3 is 1. The van der Waals surface area contributed by atoms with Crippen LogP contribution in [0.2, 0.25) is 0 Å². The molecule has 0 saturated carbocycles. The predicted molar refractivity (Wildman–Crippen MR) is 106 cm³/mol. The summed E-state index contributed by atoms with van der Waals surface area (Å²) in [6.07, 6.45) is 0.613. The van der Waals surface area contributed by atoms with Crippen molar-refractivity contribution in [2.75, 3.05) is 13.7 Å². The molecule has 1 heterocycles. The molecule has 3 rings (SSSR count). The number of carbonyl (C=O) groups is 1. The molecule has 0 aliphatic rings. The molecule has 0 aliphatic carbocycles. The Morgan fingerprint density at radius 2 is 1.74 bits per heavy atom. The number of aryl methyl sites for hydroxylation is 1. The highest BCUT2D eigenvalue weighted by molar-refractivity contribution is 5.88. The van der Waals surface area contributed by atoms with Crippen molar-refractivity contribution in [2.45, 2.75) is 20.3 Å². The van der Waals surface area contributed by atoms with Gasteiger partial charge in [-0.3, -0.25) is 0 Å². The highest BCUT2D eigenvalue weighted by Crippen LogP contribution is 2.29. The molecule has 2 aromatic carbocycles. The van der Waals surface area contributed by atoms with E-state index in [-0.39, 0.29) is 0 Å². The van der Waals surface area contributed by atoms with Crippen molar-refractivity contribution in [3.8, 4) is 16.9 Å². The molecule has 0 saturated heterocycles. The van der Waals surface area contributed by atoms with Crippen LogP contribution in [-0.2, 0) is 11.2 Å². The molecule has 0 bridgehead atoms. The number of nitrogens with zero attached hydrogens (tertiary/aromatic N) is 1. The summed E-state index contributed by atoms with van der Waals surface area (Å²) < 4.78 is 10.4. The molecule has 0 atom stereocenters. The van der Waals surface area contributed by atoms with E-state index in [9.17, 15) is 4.79 Å². The Bertz CT molecular complexity index is 918. The second kappa shape index (κ2) is 8.49. The lowest BCUT2D eigenvalue weighted by Crippen LogP contribution is -2.11. The Labute approximate surface area is 159 Å². The molecule has 27 heavy (non-hydrogen) atoms. The fourth-order valence-corrected chi connectivity index (χ4v) is 3.11. The molecule has 0 amide bonds. The van der Waals surface area contributed by atoms with Crippen molar-refractivity contribution in [2.24, 2.45) is 0 Å². The first kappa shape index (κ1) is 18.6. The minimum atomic E-state index is -0.392. The Morgan fingerprint density at radius 3 is 2.37 bits per heavy atom. The average molecular weight is 361 g/mol. The molecule has 4 heteroatoms. The van der Waals surface area contributed by atoms with E-state index in [1.54, 1.807) is 20.1 Å². The summed E-state index contributed by atoms with van der Waals surface area (Å²) in [7, 11) is 1.65. The monoisotopic (exact) mass is 361 g/mol. The van der Waals surface area contributed by atoms with E-state index in [0.29, 0.717) is 18.7 Å². The predicted octanol–water partition coefficient (Wildman–Crippen LogP) is 4.83. The van der Waals surface area contributed by atoms with Gasteiger partial charge in [-0.1, -0.05) is 42.5 Å². The fraction of sp³-hybridized carbons (Fsp3) is 0.217. The van der Waals surface area contributed by atoms with Gasteiger partial charge >= 0.3 is 5.97 Å². The van der Waals surface area contributed by atoms with Crippen LogP contribution in [-0.4, -0.2) is 24.7 Å². The number of ether oxygens (including phenoxy) is 2. The normalized spacial score (nSPS) is 10.5. The van der Waals surface area contributed by atoms with Gasteiger partial charge in [-0.2, -0.15) is 0 Å². The molecular weight excluding hydrogens is 338 g/mol. The molecule has 0 unspecified atom stereocenters. The summed E-state index contributed by atoms with van der Waals surface area (Å²) in [4.78, 5) is 16.9. The number of rotatable bonds is 6. The third-order valence-corrected chi connectivity index (χ3v) is 4.37. The van der Waals surface area contributed by atoms with Crippen LogP contribution >= 0.6 is 0 Å². The third kappa shape index (κ3) is 4.34. The Morgan fingerprint density at radius 1 is 1.04 bits per heavy atom. The SMILES string of the molecule is CCOC(=O)c1cc(C)c(-c2ccccc2)c(Cc2ccc(OC)cc2)n1. The van der Waals surface area contributed by atoms with Crippen LogP contribution in [0.15, 0.2) is 60.7 Å². The lowest BCUT2D eigenvalue weighted by Gasteiger charge is -2.15. The lowest BCUT2D eigenvalue weighted by atomic mass is 9.95.